The second-order valence-electron chi connectivity index (χ2n) is 5.97. The van der Waals surface area contributed by atoms with Crippen LogP contribution in [0.3, 0.4) is 0 Å². The van der Waals surface area contributed by atoms with Crippen molar-refractivity contribution in [2.75, 3.05) is 0 Å². The molecule has 4 heteroatoms. The van der Waals surface area contributed by atoms with Crippen molar-refractivity contribution in [3.8, 4) is 0 Å². The van der Waals surface area contributed by atoms with Crippen LogP contribution in [-0.2, 0) is 19.4 Å². The van der Waals surface area contributed by atoms with Gasteiger partial charge in [0.1, 0.15) is 6.29 Å². The molecule has 0 atom stereocenters. The number of aryl methyl sites for hydroxylation is 2. The Hall–Kier alpha value is -1.94. The molecule has 2 heterocycles. The molecular weight excluding hydrogens is 292 g/mol. The Morgan fingerprint density at radius 2 is 2.18 bits per heavy atom. The van der Waals surface area contributed by atoms with Gasteiger partial charge in [-0.15, -0.1) is 11.3 Å². The first-order valence-corrected chi connectivity index (χ1v) is 8.64. The van der Waals surface area contributed by atoms with Crippen LogP contribution in [0.5, 0.6) is 0 Å². The van der Waals surface area contributed by atoms with Crippen LogP contribution in [0.25, 0.3) is 10.9 Å². The summed E-state index contributed by atoms with van der Waals surface area (Å²) in [4.78, 5) is 15.7. The third-order valence-electron chi connectivity index (χ3n) is 4.52. The normalized spacial score (nSPS) is 14.2. The van der Waals surface area contributed by atoms with E-state index < -0.39 is 0 Å². The number of aromatic nitrogens is 2. The monoisotopic (exact) mass is 310 g/mol. The molecule has 0 unspecified atom stereocenters. The van der Waals surface area contributed by atoms with Gasteiger partial charge in [0.25, 0.3) is 0 Å². The fourth-order valence-electron chi connectivity index (χ4n) is 3.55. The number of carbonyl (C=O) groups excluding carboxylic acids is 1. The van der Waals surface area contributed by atoms with Crippen molar-refractivity contribution in [2.24, 2.45) is 0 Å². The molecule has 0 N–H and O–H groups in total. The van der Waals surface area contributed by atoms with Crippen LogP contribution in [0.1, 0.15) is 45.2 Å². The van der Waals surface area contributed by atoms with Gasteiger partial charge in [-0.05, 0) is 56.4 Å². The third-order valence-corrected chi connectivity index (χ3v) is 5.35. The SMILES string of the molecule is Cc1nc(Cn2c3c(c4cc(C=O)ccc42)CCCC3)cs1. The Kier molecular flexibility index (Phi) is 3.34. The number of hydrogen-bond donors (Lipinski definition) is 0. The number of aldehydes is 1. The van der Waals surface area contributed by atoms with Crippen molar-refractivity contribution in [3.63, 3.8) is 0 Å². The third kappa shape index (κ3) is 2.18. The van der Waals surface area contributed by atoms with E-state index in [1.165, 1.54) is 35.0 Å². The quantitative estimate of drug-likeness (QED) is 0.681. The largest absolute Gasteiger partial charge is 0.338 e. The number of rotatable bonds is 3. The van der Waals surface area contributed by atoms with Gasteiger partial charge in [0, 0.05) is 27.5 Å². The highest BCUT2D eigenvalue weighted by Gasteiger charge is 2.20. The van der Waals surface area contributed by atoms with Gasteiger partial charge >= 0.3 is 0 Å². The summed E-state index contributed by atoms with van der Waals surface area (Å²) in [6.45, 7) is 2.88. The predicted octanol–water partition coefficient (Wildman–Crippen LogP) is 4.15. The minimum Gasteiger partial charge on any atom is -0.338 e. The zero-order chi connectivity index (χ0) is 15.1. The van der Waals surface area contributed by atoms with Crippen LogP contribution in [-0.4, -0.2) is 15.8 Å². The summed E-state index contributed by atoms with van der Waals surface area (Å²) in [7, 11) is 0. The fourth-order valence-corrected chi connectivity index (χ4v) is 4.15. The first kappa shape index (κ1) is 13.7. The molecule has 112 valence electrons. The molecule has 0 fully saturated rings. The van der Waals surface area contributed by atoms with E-state index in [0.29, 0.717) is 0 Å². The first-order valence-electron chi connectivity index (χ1n) is 7.76. The highest BCUT2D eigenvalue weighted by Crippen LogP contribution is 2.33. The number of nitrogens with zero attached hydrogens (tertiary/aromatic N) is 2. The molecule has 0 saturated carbocycles. The smallest absolute Gasteiger partial charge is 0.150 e. The molecule has 4 rings (SSSR count). The Labute approximate surface area is 133 Å². The average molecular weight is 310 g/mol. The van der Waals surface area contributed by atoms with Gasteiger partial charge in [0.2, 0.25) is 0 Å². The van der Waals surface area contributed by atoms with Crippen LogP contribution in [0.4, 0.5) is 0 Å². The summed E-state index contributed by atoms with van der Waals surface area (Å²) in [5.41, 5.74) is 6.02. The second kappa shape index (κ2) is 5.36. The molecule has 22 heavy (non-hydrogen) atoms. The molecule has 3 nitrogen and oxygen atoms in total. The minimum atomic E-state index is 0.766. The highest BCUT2D eigenvalue weighted by atomic mass is 32.1. The molecule has 1 aliphatic rings. The average Bonchev–Trinajstić information content (AvgIpc) is 3.10. The number of fused-ring (bicyclic) bond motifs is 3. The molecule has 3 aromatic rings. The van der Waals surface area contributed by atoms with Gasteiger partial charge in [-0.25, -0.2) is 4.98 Å². The topological polar surface area (TPSA) is 34.9 Å². The number of hydrogen-bond acceptors (Lipinski definition) is 3. The summed E-state index contributed by atoms with van der Waals surface area (Å²) < 4.78 is 2.41. The summed E-state index contributed by atoms with van der Waals surface area (Å²) >= 11 is 1.70. The van der Waals surface area contributed by atoms with Crippen LogP contribution in [0.15, 0.2) is 23.6 Å². The number of benzene rings is 1. The van der Waals surface area contributed by atoms with Gasteiger partial charge < -0.3 is 4.57 Å². The van der Waals surface area contributed by atoms with E-state index in [1.807, 2.05) is 13.0 Å². The maximum Gasteiger partial charge on any atom is 0.150 e. The fraction of sp³-hybridized carbons (Fsp3) is 0.333. The van der Waals surface area contributed by atoms with Crippen LogP contribution >= 0.6 is 11.3 Å². The molecule has 1 aliphatic carbocycles. The van der Waals surface area contributed by atoms with Crippen LogP contribution < -0.4 is 0 Å². The van der Waals surface area contributed by atoms with Crippen molar-refractivity contribution >= 4 is 28.5 Å². The molecule has 0 radical (unpaired) electrons. The lowest BCUT2D eigenvalue weighted by Crippen LogP contribution is -2.09. The molecule has 2 aromatic heterocycles. The Morgan fingerprint density at radius 3 is 2.95 bits per heavy atom. The summed E-state index contributed by atoms with van der Waals surface area (Å²) in [6.07, 6.45) is 5.68. The van der Waals surface area contributed by atoms with Crippen molar-refractivity contribution in [1.82, 2.24) is 9.55 Å². The van der Waals surface area contributed by atoms with E-state index in [2.05, 4.69) is 27.1 Å². The van der Waals surface area contributed by atoms with Crippen molar-refractivity contribution in [1.29, 1.82) is 0 Å². The molecule has 1 aromatic carbocycles. The van der Waals surface area contributed by atoms with Crippen molar-refractivity contribution in [3.05, 3.63) is 51.1 Å². The first-order chi connectivity index (χ1) is 10.8. The molecule has 0 bridgehead atoms. The lowest BCUT2D eigenvalue weighted by atomic mass is 9.95. The summed E-state index contributed by atoms with van der Waals surface area (Å²) in [5, 5.41) is 4.52. The molecule has 0 aliphatic heterocycles. The van der Waals surface area contributed by atoms with E-state index in [-0.39, 0.29) is 0 Å². The Bertz CT molecular complexity index is 859. The molecule has 0 amide bonds. The van der Waals surface area contributed by atoms with E-state index in [9.17, 15) is 4.79 Å². The van der Waals surface area contributed by atoms with Gasteiger partial charge in [-0.3, -0.25) is 4.79 Å². The zero-order valence-corrected chi connectivity index (χ0v) is 13.4. The van der Waals surface area contributed by atoms with Crippen LogP contribution in [0.2, 0.25) is 0 Å². The zero-order valence-electron chi connectivity index (χ0n) is 12.6. The van der Waals surface area contributed by atoms with Gasteiger partial charge in [0.15, 0.2) is 0 Å². The minimum absolute atomic E-state index is 0.766. The van der Waals surface area contributed by atoms with E-state index >= 15 is 0 Å². The van der Waals surface area contributed by atoms with E-state index in [0.717, 1.165) is 41.9 Å². The molecule has 0 saturated heterocycles. The summed E-state index contributed by atoms with van der Waals surface area (Å²) in [5.74, 6) is 0. The van der Waals surface area contributed by atoms with Crippen LogP contribution in [0, 0.1) is 6.92 Å². The standard InChI is InChI=1S/C18H18N2OS/c1-12-19-14(11-22-12)9-20-17-5-3-2-4-15(17)16-8-13(10-21)6-7-18(16)20/h6-8,10-11H,2-5,9H2,1H3. The molecule has 0 spiro atoms. The van der Waals surface area contributed by atoms with E-state index in [1.54, 1.807) is 11.3 Å². The Morgan fingerprint density at radius 1 is 1.32 bits per heavy atom. The predicted molar refractivity (Wildman–Crippen MR) is 89.9 cm³/mol. The number of thiazole rings is 1. The van der Waals surface area contributed by atoms with Gasteiger partial charge in [-0.1, -0.05) is 0 Å². The maximum absolute atomic E-state index is 11.1. The lowest BCUT2D eigenvalue weighted by molar-refractivity contribution is 0.112. The van der Waals surface area contributed by atoms with E-state index in [4.69, 9.17) is 0 Å². The lowest BCUT2D eigenvalue weighted by Gasteiger charge is -2.15. The second-order valence-corrected chi connectivity index (χ2v) is 7.03. The van der Waals surface area contributed by atoms with Crippen molar-refractivity contribution < 1.29 is 4.79 Å². The molecular formula is C18H18N2OS. The van der Waals surface area contributed by atoms with Gasteiger partial charge in [-0.2, -0.15) is 0 Å². The Balaban J connectivity index is 1.90. The van der Waals surface area contributed by atoms with Crippen molar-refractivity contribution in [2.45, 2.75) is 39.2 Å². The van der Waals surface area contributed by atoms with Gasteiger partial charge in [0.05, 0.1) is 17.2 Å². The maximum atomic E-state index is 11.1. The number of carbonyl (C=O) groups is 1. The highest BCUT2D eigenvalue weighted by molar-refractivity contribution is 7.09. The summed E-state index contributed by atoms with van der Waals surface area (Å²) in [6, 6.07) is 6.06.